The van der Waals surface area contributed by atoms with Gasteiger partial charge in [-0.3, -0.25) is 0 Å². The number of rotatable bonds is 16. The minimum atomic E-state index is 0.972. The molecule has 5 saturated carbocycles. The first-order valence-corrected chi connectivity index (χ1v) is 20.2. The van der Waals surface area contributed by atoms with Crippen LogP contribution in [0, 0.1) is 35.5 Å². The quantitative estimate of drug-likeness (QED) is 0.179. The molecule has 5 rings (SSSR count). The molecule has 0 spiro atoms. The van der Waals surface area contributed by atoms with Crippen molar-refractivity contribution in [3.8, 4) is 0 Å². The fourth-order valence-corrected chi connectivity index (χ4v) is 10.4. The first-order chi connectivity index (χ1) is 20.8. The molecule has 0 aromatic carbocycles. The molecule has 2 nitrogen and oxygen atoms in total. The minimum absolute atomic E-state index is 0.972. The minimum Gasteiger partial charge on any atom is -0.303 e. The van der Waals surface area contributed by atoms with E-state index in [0.717, 1.165) is 35.5 Å². The molecule has 0 bridgehead atoms. The first kappa shape index (κ1) is 33.3. The molecule has 244 valence electrons. The summed E-state index contributed by atoms with van der Waals surface area (Å²) in [6.07, 6.45) is 42.4. The van der Waals surface area contributed by atoms with E-state index in [1.54, 1.807) is 0 Å². The molecular formula is C40H74N2. The summed E-state index contributed by atoms with van der Waals surface area (Å²) in [7, 11) is 0. The normalized spacial score (nSPS) is 28.1. The molecule has 0 heterocycles. The molecule has 42 heavy (non-hydrogen) atoms. The Labute approximate surface area is 263 Å². The van der Waals surface area contributed by atoms with Gasteiger partial charge < -0.3 is 9.80 Å². The van der Waals surface area contributed by atoms with Gasteiger partial charge in [0.25, 0.3) is 0 Å². The molecule has 2 unspecified atom stereocenters. The van der Waals surface area contributed by atoms with E-state index in [1.807, 2.05) is 0 Å². The van der Waals surface area contributed by atoms with Gasteiger partial charge in [0.15, 0.2) is 0 Å². The van der Waals surface area contributed by atoms with Crippen LogP contribution < -0.4 is 0 Å². The third-order valence-electron chi connectivity index (χ3n) is 13.2. The highest BCUT2D eigenvalue weighted by molar-refractivity contribution is 4.81. The van der Waals surface area contributed by atoms with Crippen LogP contribution >= 0.6 is 0 Å². The maximum Gasteiger partial charge on any atom is 0.000977 e. The van der Waals surface area contributed by atoms with Crippen molar-refractivity contribution in [2.45, 2.75) is 180 Å². The van der Waals surface area contributed by atoms with Crippen molar-refractivity contribution in [2.24, 2.45) is 35.5 Å². The van der Waals surface area contributed by atoms with Gasteiger partial charge in [-0.2, -0.15) is 0 Å². The van der Waals surface area contributed by atoms with E-state index < -0.39 is 0 Å². The van der Waals surface area contributed by atoms with E-state index in [0.29, 0.717) is 0 Å². The van der Waals surface area contributed by atoms with Crippen LogP contribution in [-0.4, -0.2) is 49.1 Å². The lowest BCUT2D eigenvalue weighted by molar-refractivity contribution is 0.122. The molecule has 0 aromatic heterocycles. The van der Waals surface area contributed by atoms with Crippen LogP contribution in [0.5, 0.6) is 0 Å². The van der Waals surface area contributed by atoms with Crippen LogP contribution in [-0.2, 0) is 0 Å². The van der Waals surface area contributed by atoms with E-state index in [2.05, 4.69) is 9.80 Å². The van der Waals surface area contributed by atoms with Gasteiger partial charge in [0.2, 0.25) is 0 Å². The summed E-state index contributed by atoms with van der Waals surface area (Å²) in [5.74, 6) is 6.10. The Hall–Kier alpha value is -0.0800. The highest BCUT2D eigenvalue weighted by Gasteiger charge is 2.27. The third-order valence-corrected chi connectivity index (χ3v) is 13.2. The number of hydrogen-bond acceptors (Lipinski definition) is 2. The molecular weight excluding hydrogens is 508 g/mol. The second kappa shape index (κ2) is 19.4. The van der Waals surface area contributed by atoms with Gasteiger partial charge in [-0.25, -0.2) is 0 Å². The van der Waals surface area contributed by atoms with Crippen molar-refractivity contribution in [3.63, 3.8) is 0 Å². The standard InChI is InChI=1S/C40H74N2/c1-5-14-35(15-6-1)24-28-41(29-25-36-16-7-2-8-17-36)33-39-22-13-23-40(32-39)34-42(30-26-37-18-9-3-10-19-37)31-27-38-20-11-4-12-21-38/h35-40H,1-34H2. The average Bonchev–Trinajstić information content (AvgIpc) is 3.06. The molecule has 0 radical (unpaired) electrons. The number of hydrogen-bond donors (Lipinski definition) is 0. The van der Waals surface area contributed by atoms with Crippen LogP contribution in [0.3, 0.4) is 0 Å². The van der Waals surface area contributed by atoms with E-state index in [4.69, 9.17) is 0 Å². The lowest BCUT2D eigenvalue weighted by Gasteiger charge is -2.37. The molecule has 2 atom stereocenters. The van der Waals surface area contributed by atoms with E-state index in [9.17, 15) is 0 Å². The smallest absolute Gasteiger partial charge is 0.000977 e. The molecule has 0 aromatic rings. The maximum atomic E-state index is 3.01. The van der Waals surface area contributed by atoms with Crippen LogP contribution in [0.2, 0.25) is 0 Å². The molecule has 5 fully saturated rings. The summed E-state index contributed by atoms with van der Waals surface area (Å²) < 4.78 is 0. The monoisotopic (exact) mass is 583 g/mol. The summed E-state index contributed by atoms with van der Waals surface area (Å²) in [5, 5.41) is 0. The summed E-state index contributed by atoms with van der Waals surface area (Å²) >= 11 is 0. The largest absolute Gasteiger partial charge is 0.303 e. The fourth-order valence-electron chi connectivity index (χ4n) is 10.4. The second-order valence-corrected chi connectivity index (χ2v) is 16.7. The SMILES string of the molecule is C1CCC(CCN(CCC2CCCCC2)CC2CCCC(CN(CCC3CCCCC3)CCC3CCCCC3)C2)CC1. The number of nitrogens with zero attached hydrogens (tertiary/aromatic N) is 2. The Kier molecular flexibility index (Phi) is 15.4. The fraction of sp³-hybridized carbons (Fsp3) is 1.00. The average molecular weight is 583 g/mol. The van der Waals surface area contributed by atoms with Gasteiger partial charge in [-0.15, -0.1) is 0 Å². The Morgan fingerprint density at radius 3 is 0.833 bits per heavy atom. The molecule has 5 aliphatic rings. The highest BCUT2D eigenvalue weighted by Crippen LogP contribution is 2.34. The maximum absolute atomic E-state index is 3.01. The highest BCUT2D eigenvalue weighted by atomic mass is 15.1. The second-order valence-electron chi connectivity index (χ2n) is 16.7. The third kappa shape index (κ3) is 12.4. The summed E-state index contributed by atoms with van der Waals surface area (Å²) in [6, 6.07) is 0. The zero-order valence-corrected chi connectivity index (χ0v) is 28.4. The molecule has 0 saturated heterocycles. The van der Waals surface area contributed by atoms with Crippen molar-refractivity contribution in [2.75, 3.05) is 39.3 Å². The van der Waals surface area contributed by atoms with E-state index in [-0.39, 0.29) is 0 Å². The van der Waals surface area contributed by atoms with Crippen molar-refractivity contribution < 1.29 is 0 Å². The topological polar surface area (TPSA) is 6.48 Å². The zero-order valence-electron chi connectivity index (χ0n) is 28.4. The Morgan fingerprint density at radius 1 is 0.286 bits per heavy atom. The lowest BCUT2D eigenvalue weighted by atomic mass is 9.80. The van der Waals surface area contributed by atoms with Gasteiger partial charge in [-0.1, -0.05) is 135 Å². The van der Waals surface area contributed by atoms with Crippen LogP contribution in [0.4, 0.5) is 0 Å². The predicted octanol–water partition coefficient (Wildman–Crippen LogP) is 11.3. The van der Waals surface area contributed by atoms with Gasteiger partial charge >= 0.3 is 0 Å². The van der Waals surface area contributed by atoms with E-state index in [1.165, 1.54) is 219 Å². The molecule has 5 aliphatic carbocycles. The molecule has 0 N–H and O–H groups in total. The molecule has 0 aliphatic heterocycles. The Morgan fingerprint density at radius 2 is 0.548 bits per heavy atom. The predicted molar refractivity (Wildman–Crippen MR) is 183 cm³/mol. The van der Waals surface area contributed by atoms with Crippen molar-refractivity contribution >= 4 is 0 Å². The summed E-state index contributed by atoms with van der Waals surface area (Å²) in [4.78, 5) is 6.03. The van der Waals surface area contributed by atoms with E-state index >= 15 is 0 Å². The molecule has 2 heteroatoms. The first-order valence-electron chi connectivity index (χ1n) is 20.2. The zero-order chi connectivity index (χ0) is 28.7. The van der Waals surface area contributed by atoms with Crippen molar-refractivity contribution in [1.29, 1.82) is 0 Å². The van der Waals surface area contributed by atoms with Gasteiger partial charge in [-0.05, 0) is 107 Å². The Bertz CT molecular complexity index is 567. The molecule has 0 amide bonds. The van der Waals surface area contributed by atoms with Crippen LogP contribution in [0.1, 0.15) is 180 Å². The summed E-state index contributed by atoms with van der Waals surface area (Å²) in [5.41, 5.74) is 0. The van der Waals surface area contributed by atoms with Gasteiger partial charge in [0.1, 0.15) is 0 Å². The van der Waals surface area contributed by atoms with Gasteiger partial charge in [0.05, 0.1) is 0 Å². The van der Waals surface area contributed by atoms with Crippen molar-refractivity contribution in [1.82, 2.24) is 9.80 Å². The Balaban J connectivity index is 1.11. The van der Waals surface area contributed by atoms with Crippen LogP contribution in [0.25, 0.3) is 0 Å². The lowest BCUT2D eigenvalue weighted by Crippen LogP contribution is -2.38. The van der Waals surface area contributed by atoms with Crippen molar-refractivity contribution in [3.05, 3.63) is 0 Å². The van der Waals surface area contributed by atoms with Crippen LogP contribution in [0.15, 0.2) is 0 Å². The van der Waals surface area contributed by atoms with Gasteiger partial charge in [0, 0.05) is 13.1 Å². The summed E-state index contributed by atoms with van der Waals surface area (Å²) in [6.45, 7) is 8.50.